The molecule has 1 atom stereocenters. The standard InChI is InChI=1S/C21H19N3O6/c1-28-14-6-12(17-4-5-18(24-17)20-23-10-16(11-25)30-20)7-15(8-14)29-13-2-3-19(21(26)27)22-9-13/h2-9,16,24-25H,10-11H2,1H3,(H,26,27)/t16-/m1/s1. The predicted octanol–water partition coefficient (Wildman–Crippen LogP) is 2.71. The molecule has 2 aromatic heterocycles. The number of aromatic nitrogens is 2. The van der Waals surface area contributed by atoms with Crippen molar-refractivity contribution in [1.82, 2.24) is 9.97 Å². The van der Waals surface area contributed by atoms with Crippen LogP contribution in [0.5, 0.6) is 17.2 Å². The van der Waals surface area contributed by atoms with Gasteiger partial charge in [-0.15, -0.1) is 0 Å². The van der Waals surface area contributed by atoms with E-state index >= 15 is 0 Å². The molecule has 0 saturated heterocycles. The molecular formula is C21H19N3O6. The average molecular weight is 409 g/mol. The molecular weight excluding hydrogens is 390 g/mol. The Hall–Kier alpha value is -3.85. The van der Waals surface area contributed by atoms with Crippen LogP contribution in [0.25, 0.3) is 11.3 Å². The van der Waals surface area contributed by atoms with Gasteiger partial charge in [-0.05, 0) is 36.4 Å². The number of aliphatic imine (C=N–C) groups is 1. The van der Waals surface area contributed by atoms with Gasteiger partial charge in [0, 0.05) is 17.3 Å². The van der Waals surface area contributed by atoms with Crippen molar-refractivity contribution in [3.8, 4) is 28.5 Å². The summed E-state index contributed by atoms with van der Waals surface area (Å²) in [5.74, 6) is 0.845. The van der Waals surface area contributed by atoms with Crippen LogP contribution in [-0.2, 0) is 4.74 Å². The average Bonchev–Trinajstić information content (AvgIpc) is 3.43. The molecule has 1 aliphatic heterocycles. The SMILES string of the molecule is COc1cc(Oc2ccc(C(=O)O)nc2)cc(-c2ccc(C3=NC[C@H](CO)O3)[nH]2)c1. The molecule has 3 N–H and O–H groups in total. The van der Waals surface area contributed by atoms with Crippen molar-refractivity contribution < 1.29 is 29.2 Å². The molecule has 0 saturated carbocycles. The largest absolute Gasteiger partial charge is 0.497 e. The highest BCUT2D eigenvalue weighted by Crippen LogP contribution is 2.32. The van der Waals surface area contributed by atoms with Crippen LogP contribution in [0.2, 0.25) is 0 Å². The molecule has 0 aliphatic carbocycles. The van der Waals surface area contributed by atoms with E-state index in [1.807, 2.05) is 24.3 Å². The summed E-state index contributed by atoms with van der Waals surface area (Å²) in [5, 5.41) is 18.1. The Morgan fingerprint density at radius 2 is 1.97 bits per heavy atom. The number of hydrogen-bond acceptors (Lipinski definition) is 7. The summed E-state index contributed by atoms with van der Waals surface area (Å²) in [6, 6.07) is 12.0. The first-order chi connectivity index (χ1) is 14.6. The monoisotopic (exact) mass is 409 g/mol. The van der Waals surface area contributed by atoms with Gasteiger partial charge >= 0.3 is 5.97 Å². The van der Waals surface area contributed by atoms with E-state index in [-0.39, 0.29) is 18.4 Å². The lowest BCUT2D eigenvalue weighted by molar-refractivity contribution is 0.0690. The van der Waals surface area contributed by atoms with Crippen LogP contribution >= 0.6 is 0 Å². The quantitative estimate of drug-likeness (QED) is 0.548. The number of H-pyrrole nitrogens is 1. The maximum atomic E-state index is 10.9. The zero-order valence-corrected chi connectivity index (χ0v) is 16.0. The number of ether oxygens (including phenoxy) is 3. The molecule has 0 amide bonds. The number of aliphatic hydroxyl groups excluding tert-OH is 1. The Balaban J connectivity index is 1.58. The lowest BCUT2D eigenvalue weighted by Gasteiger charge is -2.10. The molecule has 9 nitrogen and oxygen atoms in total. The molecule has 3 heterocycles. The minimum atomic E-state index is -1.10. The van der Waals surface area contributed by atoms with Gasteiger partial charge in [0.05, 0.1) is 26.5 Å². The smallest absolute Gasteiger partial charge is 0.354 e. The Labute approximate surface area is 171 Å². The highest BCUT2D eigenvalue weighted by molar-refractivity contribution is 5.94. The van der Waals surface area contributed by atoms with E-state index in [1.54, 1.807) is 13.2 Å². The van der Waals surface area contributed by atoms with E-state index < -0.39 is 5.97 Å². The van der Waals surface area contributed by atoms with Crippen molar-refractivity contribution in [3.05, 3.63) is 60.0 Å². The van der Waals surface area contributed by atoms with Crippen LogP contribution in [0.3, 0.4) is 0 Å². The van der Waals surface area contributed by atoms with Gasteiger partial charge in [-0.2, -0.15) is 0 Å². The van der Waals surface area contributed by atoms with Gasteiger partial charge in [-0.25, -0.2) is 14.8 Å². The Morgan fingerprint density at radius 3 is 2.63 bits per heavy atom. The van der Waals surface area contributed by atoms with Crippen LogP contribution in [0.1, 0.15) is 16.2 Å². The first-order valence-corrected chi connectivity index (χ1v) is 9.13. The highest BCUT2D eigenvalue weighted by Gasteiger charge is 2.21. The zero-order chi connectivity index (χ0) is 21.1. The number of methoxy groups -OCH3 is 1. The van der Waals surface area contributed by atoms with Gasteiger partial charge in [-0.1, -0.05) is 0 Å². The number of carboxylic acids is 1. The molecule has 0 unspecified atom stereocenters. The van der Waals surface area contributed by atoms with E-state index in [0.717, 1.165) is 11.3 Å². The van der Waals surface area contributed by atoms with Gasteiger partial charge < -0.3 is 29.4 Å². The number of carboxylic acid groups (broad SMARTS) is 1. The third-order valence-electron chi connectivity index (χ3n) is 4.45. The minimum absolute atomic E-state index is 0.0620. The minimum Gasteiger partial charge on any atom is -0.497 e. The number of carbonyl (C=O) groups is 1. The first kappa shape index (κ1) is 19.5. The number of aliphatic hydroxyl groups is 1. The zero-order valence-electron chi connectivity index (χ0n) is 16.0. The van der Waals surface area contributed by atoms with Crippen molar-refractivity contribution in [2.75, 3.05) is 20.3 Å². The summed E-state index contributed by atoms with van der Waals surface area (Å²) in [4.78, 5) is 22.3. The molecule has 1 aromatic carbocycles. The molecule has 0 spiro atoms. The summed E-state index contributed by atoms with van der Waals surface area (Å²) in [7, 11) is 1.56. The molecule has 0 radical (unpaired) electrons. The maximum Gasteiger partial charge on any atom is 0.354 e. The van der Waals surface area contributed by atoms with Gasteiger partial charge in [0.2, 0.25) is 5.90 Å². The Morgan fingerprint density at radius 1 is 1.17 bits per heavy atom. The lowest BCUT2D eigenvalue weighted by Crippen LogP contribution is -2.17. The van der Waals surface area contributed by atoms with E-state index in [9.17, 15) is 9.90 Å². The summed E-state index contributed by atoms with van der Waals surface area (Å²) in [6.07, 6.45) is 1.03. The van der Waals surface area contributed by atoms with Crippen molar-refractivity contribution in [2.45, 2.75) is 6.10 Å². The number of pyridine rings is 1. The second-order valence-corrected chi connectivity index (χ2v) is 6.54. The molecule has 0 fully saturated rings. The third-order valence-corrected chi connectivity index (χ3v) is 4.45. The number of nitrogens with one attached hydrogen (secondary N) is 1. The summed E-state index contributed by atoms with van der Waals surface area (Å²) in [6.45, 7) is 0.339. The van der Waals surface area contributed by atoms with Crippen molar-refractivity contribution in [3.63, 3.8) is 0 Å². The summed E-state index contributed by atoms with van der Waals surface area (Å²) < 4.78 is 16.8. The molecule has 30 heavy (non-hydrogen) atoms. The molecule has 4 rings (SSSR count). The normalized spacial score (nSPS) is 15.4. The fourth-order valence-corrected chi connectivity index (χ4v) is 2.96. The predicted molar refractivity (Wildman–Crippen MR) is 107 cm³/mol. The number of aromatic amines is 1. The van der Waals surface area contributed by atoms with Gasteiger partial charge in [-0.3, -0.25) is 0 Å². The van der Waals surface area contributed by atoms with Crippen LogP contribution in [-0.4, -0.2) is 58.4 Å². The van der Waals surface area contributed by atoms with Crippen LogP contribution in [0, 0.1) is 0 Å². The Kier molecular flexibility index (Phi) is 5.36. The van der Waals surface area contributed by atoms with Gasteiger partial charge in [0.15, 0.2) is 0 Å². The van der Waals surface area contributed by atoms with E-state index in [2.05, 4.69) is 15.0 Å². The fraction of sp³-hybridized carbons (Fsp3) is 0.190. The third kappa shape index (κ3) is 4.11. The van der Waals surface area contributed by atoms with E-state index in [0.29, 0.717) is 35.4 Å². The van der Waals surface area contributed by atoms with Gasteiger partial charge in [0.25, 0.3) is 0 Å². The van der Waals surface area contributed by atoms with E-state index in [4.69, 9.17) is 19.3 Å². The Bertz CT molecular complexity index is 1090. The summed E-state index contributed by atoms with van der Waals surface area (Å²) in [5.41, 5.74) is 2.25. The second kappa shape index (κ2) is 8.26. The number of benzene rings is 1. The molecule has 9 heteroatoms. The maximum absolute atomic E-state index is 10.9. The number of rotatable bonds is 7. The van der Waals surface area contributed by atoms with Gasteiger partial charge in [0.1, 0.15) is 34.7 Å². The molecule has 3 aromatic rings. The van der Waals surface area contributed by atoms with Crippen molar-refractivity contribution >= 4 is 11.9 Å². The topological polar surface area (TPSA) is 126 Å². The van der Waals surface area contributed by atoms with Crippen molar-refractivity contribution in [2.24, 2.45) is 4.99 Å². The number of aromatic carboxylic acids is 1. The number of hydrogen-bond donors (Lipinski definition) is 3. The van der Waals surface area contributed by atoms with Crippen molar-refractivity contribution in [1.29, 1.82) is 0 Å². The lowest BCUT2D eigenvalue weighted by atomic mass is 10.1. The highest BCUT2D eigenvalue weighted by atomic mass is 16.5. The number of nitrogens with zero attached hydrogens (tertiary/aromatic N) is 2. The van der Waals surface area contributed by atoms with Crippen LogP contribution < -0.4 is 9.47 Å². The second-order valence-electron chi connectivity index (χ2n) is 6.54. The molecule has 1 aliphatic rings. The summed E-state index contributed by atoms with van der Waals surface area (Å²) >= 11 is 0. The fourth-order valence-electron chi connectivity index (χ4n) is 2.96. The van der Waals surface area contributed by atoms with E-state index in [1.165, 1.54) is 18.3 Å². The van der Waals surface area contributed by atoms with Crippen LogP contribution in [0.4, 0.5) is 0 Å². The molecule has 0 bridgehead atoms. The molecule has 154 valence electrons. The first-order valence-electron chi connectivity index (χ1n) is 9.13. The van der Waals surface area contributed by atoms with Crippen LogP contribution in [0.15, 0.2) is 53.7 Å².